The number of halogens is 2. The first-order chi connectivity index (χ1) is 14.6. The van der Waals surface area contributed by atoms with E-state index in [1.807, 2.05) is 0 Å². The Morgan fingerprint density at radius 3 is 2.23 bits per heavy atom. The molecular weight excluding hydrogens is 378 g/mol. The molecule has 2 aromatic carbocycles. The van der Waals surface area contributed by atoms with Gasteiger partial charge in [-0.25, -0.2) is 8.78 Å². The predicted octanol–water partition coefficient (Wildman–Crippen LogP) is 8.13. The molecule has 0 radical (unpaired) electrons. The van der Waals surface area contributed by atoms with Crippen LogP contribution < -0.4 is 4.74 Å². The van der Waals surface area contributed by atoms with E-state index in [9.17, 15) is 8.78 Å². The van der Waals surface area contributed by atoms with Gasteiger partial charge in [-0.05, 0) is 91.2 Å². The molecule has 0 aliphatic heterocycles. The van der Waals surface area contributed by atoms with E-state index in [0.29, 0.717) is 11.3 Å². The van der Waals surface area contributed by atoms with Gasteiger partial charge in [0.2, 0.25) is 0 Å². The maximum Gasteiger partial charge on any atom is 0.134 e. The van der Waals surface area contributed by atoms with Gasteiger partial charge in [0.25, 0.3) is 0 Å². The van der Waals surface area contributed by atoms with Crippen molar-refractivity contribution in [1.82, 2.24) is 0 Å². The van der Waals surface area contributed by atoms with E-state index in [2.05, 4.69) is 6.92 Å². The largest absolute Gasteiger partial charge is 0.497 e. The predicted molar refractivity (Wildman–Crippen MR) is 119 cm³/mol. The van der Waals surface area contributed by atoms with Crippen molar-refractivity contribution >= 4 is 0 Å². The molecule has 30 heavy (non-hydrogen) atoms. The third kappa shape index (κ3) is 4.55. The highest BCUT2D eigenvalue weighted by molar-refractivity contribution is 5.66. The molecule has 0 bridgehead atoms. The van der Waals surface area contributed by atoms with Crippen molar-refractivity contribution in [1.29, 1.82) is 0 Å². The van der Waals surface area contributed by atoms with Crippen LogP contribution in [0, 0.1) is 29.4 Å². The van der Waals surface area contributed by atoms with Crippen molar-refractivity contribution < 1.29 is 13.5 Å². The van der Waals surface area contributed by atoms with Gasteiger partial charge in [0.05, 0.1) is 12.7 Å². The molecule has 162 valence electrons. The van der Waals surface area contributed by atoms with Gasteiger partial charge in [0.15, 0.2) is 0 Å². The molecule has 0 N–H and O–H groups in total. The van der Waals surface area contributed by atoms with Gasteiger partial charge >= 0.3 is 0 Å². The Balaban J connectivity index is 1.46. The number of fused-ring (bicyclic) bond motifs is 1. The number of methoxy groups -OCH3 is 1. The Hall–Kier alpha value is -1.90. The molecule has 2 saturated carbocycles. The first-order valence-electron chi connectivity index (χ1n) is 11.7. The fraction of sp³-hybridized carbons (Fsp3) is 0.556. The number of rotatable bonds is 6. The van der Waals surface area contributed by atoms with Gasteiger partial charge in [-0.1, -0.05) is 44.7 Å². The molecule has 0 aromatic heterocycles. The fourth-order valence-corrected chi connectivity index (χ4v) is 5.91. The van der Waals surface area contributed by atoms with Crippen LogP contribution in [0.25, 0.3) is 11.1 Å². The lowest BCUT2D eigenvalue weighted by Gasteiger charge is -2.42. The lowest BCUT2D eigenvalue weighted by Crippen LogP contribution is -2.30. The topological polar surface area (TPSA) is 9.23 Å². The second kappa shape index (κ2) is 9.49. The maximum atomic E-state index is 15.0. The van der Waals surface area contributed by atoms with E-state index in [1.165, 1.54) is 44.9 Å². The fourth-order valence-electron chi connectivity index (χ4n) is 5.91. The number of hydrogen-bond donors (Lipinski definition) is 0. The van der Waals surface area contributed by atoms with Crippen molar-refractivity contribution in [2.24, 2.45) is 17.8 Å². The molecular formula is C27H34F2O. The van der Waals surface area contributed by atoms with E-state index < -0.39 is 11.6 Å². The summed E-state index contributed by atoms with van der Waals surface area (Å²) in [6.45, 7) is 2.27. The van der Waals surface area contributed by atoms with Crippen LogP contribution in [0.4, 0.5) is 8.78 Å². The van der Waals surface area contributed by atoms with Crippen LogP contribution in [0.3, 0.4) is 0 Å². The monoisotopic (exact) mass is 412 g/mol. The van der Waals surface area contributed by atoms with E-state index >= 15 is 0 Å². The average Bonchev–Trinajstić information content (AvgIpc) is 2.77. The highest BCUT2D eigenvalue weighted by atomic mass is 19.1. The molecule has 0 amide bonds. The van der Waals surface area contributed by atoms with Crippen LogP contribution in [0.5, 0.6) is 5.75 Å². The Morgan fingerprint density at radius 2 is 1.57 bits per heavy atom. The zero-order chi connectivity index (χ0) is 21.1. The summed E-state index contributed by atoms with van der Waals surface area (Å²) in [5.41, 5.74) is 1.45. The number of unbranched alkanes of at least 4 members (excludes halogenated alkanes) is 1. The number of hydrogen-bond acceptors (Lipinski definition) is 1. The van der Waals surface area contributed by atoms with E-state index in [4.69, 9.17) is 4.74 Å². The Morgan fingerprint density at radius 1 is 0.900 bits per heavy atom. The summed E-state index contributed by atoms with van der Waals surface area (Å²) >= 11 is 0. The SMILES string of the molecule is CCCCC1CC[C@@H]2C[C@H](c3cc(F)c(-c4ccc(OC)cc4)c(F)c3)CC[C@@H]2C1. The van der Waals surface area contributed by atoms with Gasteiger partial charge in [-0.3, -0.25) is 0 Å². The lowest BCUT2D eigenvalue weighted by atomic mass is 9.63. The van der Waals surface area contributed by atoms with Crippen molar-refractivity contribution in [3.63, 3.8) is 0 Å². The highest BCUT2D eigenvalue weighted by Crippen LogP contribution is 2.48. The zero-order valence-electron chi connectivity index (χ0n) is 18.3. The number of ether oxygens (including phenoxy) is 1. The normalized spacial score (nSPS) is 26.3. The molecule has 3 heteroatoms. The molecule has 1 unspecified atom stereocenters. The molecule has 2 aliphatic rings. The summed E-state index contributed by atoms with van der Waals surface area (Å²) in [5, 5.41) is 0. The van der Waals surface area contributed by atoms with E-state index in [0.717, 1.165) is 36.2 Å². The van der Waals surface area contributed by atoms with Crippen LogP contribution in [-0.2, 0) is 0 Å². The molecule has 2 aliphatic carbocycles. The Labute approximate surface area is 179 Å². The van der Waals surface area contributed by atoms with Crippen molar-refractivity contribution in [3.05, 3.63) is 53.6 Å². The summed E-state index contributed by atoms with van der Waals surface area (Å²) in [5.74, 6) is 2.51. The summed E-state index contributed by atoms with van der Waals surface area (Å²) < 4.78 is 35.1. The highest BCUT2D eigenvalue weighted by Gasteiger charge is 2.36. The van der Waals surface area contributed by atoms with Gasteiger partial charge in [-0.15, -0.1) is 0 Å². The smallest absolute Gasteiger partial charge is 0.134 e. The van der Waals surface area contributed by atoms with E-state index in [1.54, 1.807) is 43.5 Å². The summed E-state index contributed by atoms with van der Waals surface area (Å²) in [4.78, 5) is 0. The maximum absolute atomic E-state index is 15.0. The van der Waals surface area contributed by atoms with Gasteiger partial charge < -0.3 is 4.74 Å². The molecule has 2 aromatic rings. The standard InChI is InChI=1S/C27H34F2O/c1-3-4-5-18-6-7-21-15-22(9-8-20(21)14-18)23-16-25(28)27(26(29)17-23)19-10-12-24(30-2)13-11-19/h10-13,16-18,20-22H,3-9,14-15H2,1-2H3/t18?,20-,21-,22-/m1/s1. The summed E-state index contributed by atoms with van der Waals surface area (Å²) in [6.07, 6.45) is 11.4. The minimum Gasteiger partial charge on any atom is -0.497 e. The van der Waals surface area contributed by atoms with Crippen LogP contribution in [0.2, 0.25) is 0 Å². The first kappa shape index (κ1) is 21.3. The molecule has 4 atom stereocenters. The van der Waals surface area contributed by atoms with Crippen molar-refractivity contribution in [2.45, 2.75) is 70.6 Å². The molecule has 2 fully saturated rings. The van der Waals surface area contributed by atoms with Gasteiger partial charge in [0, 0.05) is 0 Å². The second-order valence-electron chi connectivity index (χ2n) is 9.44. The van der Waals surface area contributed by atoms with Gasteiger partial charge in [-0.2, -0.15) is 0 Å². The summed E-state index contributed by atoms with van der Waals surface area (Å²) in [6, 6.07) is 10.1. The minimum absolute atomic E-state index is 0.0616. The summed E-state index contributed by atoms with van der Waals surface area (Å²) in [7, 11) is 1.58. The van der Waals surface area contributed by atoms with Crippen molar-refractivity contribution in [2.75, 3.05) is 7.11 Å². The molecule has 0 saturated heterocycles. The first-order valence-corrected chi connectivity index (χ1v) is 11.7. The zero-order valence-corrected chi connectivity index (χ0v) is 18.3. The molecule has 0 heterocycles. The minimum atomic E-state index is -0.458. The number of benzene rings is 2. The van der Waals surface area contributed by atoms with E-state index in [-0.39, 0.29) is 11.5 Å². The molecule has 4 rings (SSSR count). The second-order valence-corrected chi connectivity index (χ2v) is 9.44. The van der Waals surface area contributed by atoms with Crippen LogP contribution in [-0.4, -0.2) is 7.11 Å². The Bertz CT molecular complexity index is 821. The van der Waals surface area contributed by atoms with Crippen LogP contribution in [0.1, 0.15) is 76.2 Å². The third-order valence-corrected chi connectivity index (χ3v) is 7.60. The Kier molecular flexibility index (Phi) is 6.75. The molecule has 1 nitrogen and oxygen atoms in total. The quantitative estimate of drug-likeness (QED) is 0.465. The van der Waals surface area contributed by atoms with Crippen LogP contribution >= 0.6 is 0 Å². The average molecular weight is 413 g/mol. The lowest BCUT2D eigenvalue weighted by molar-refractivity contribution is 0.113. The molecule has 0 spiro atoms. The third-order valence-electron chi connectivity index (χ3n) is 7.60. The van der Waals surface area contributed by atoms with Crippen LogP contribution in [0.15, 0.2) is 36.4 Å². The van der Waals surface area contributed by atoms with Gasteiger partial charge in [0.1, 0.15) is 17.4 Å². The van der Waals surface area contributed by atoms with Crippen molar-refractivity contribution in [3.8, 4) is 16.9 Å².